The van der Waals surface area contributed by atoms with Crippen LogP contribution in [0.4, 0.5) is 10.5 Å². The Kier molecular flexibility index (Phi) is 6.70. The van der Waals surface area contributed by atoms with Crippen LogP contribution in [0.3, 0.4) is 0 Å². The first-order valence-corrected chi connectivity index (χ1v) is 14.3. The Balaban J connectivity index is 1.70. The van der Waals surface area contributed by atoms with Gasteiger partial charge in [-0.2, -0.15) is 0 Å². The number of imidazole rings is 1. The standard InChI is InChI=1S/C27H31N3O6S/c1-17-11-12-21-22(29(17)27(33)36-2)13-14-23-24(21)28-26(37(34,35)16-18-7-4-3-5-8-18)30(23)20-10-6-9-19(15-20)25(31)32/h3-5,7-8,13-14,17,19-20H,6,9-12,15-16H2,1-2H3,(H,31,32)/t17?,19-,20-/m1/s1. The van der Waals surface area contributed by atoms with Crippen LogP contribution in [-0.4, -0.2) is 48.3 Å². The maximum Gasteiger partial charge on any atom is 0.414 e. The number of aliphatic carboxylic acids is 1. The molecule has 9 nitrogen and oxygen atoms in total. The van der Waals surface area contributed by atoms with Gasteiger partial charge in [0.1, 0.15) is 0 Å². The third-order valence-electron chi connectivity index (χ3n) is 7.63. The number of aromatic nitrogens is 2. The van der Waals surface area contributed by atoms with Gasteiger partial charge in [0, 0.05) is 17.6 Å². The summed E-state index contributed by atoms with van der Waals surface area (Å²) in [5, 5.41) is 9.64. The van der Waals surface area contributed by atoms with Gasteiger partial charge < -0.3 is 14.4 Å². The monoisotopic (exact) mass is 525 g/mol. The second kappa shape index (κ2) is 9.81. The minimum absolute atomic E-state index is 0.0426. The van der Waals surface area contributed by atoms with Gasteiger partial charge in [-0.3, -0.25) is 9.69 Å². The molecule has 5 rings (SSSR count). The zero-order valence-electron chi connectivity index (χ0n) is 21.0. The molecule has 3 atom stereocenters. The number of fused-ring (bicyclic) bond motifs is 3. The van der Waals surface area contributed by atoms with E-state index in [1.54, 1.807) is 39.8 Å². The van der Waals surface area contributed by atoms with E-state index >= 15 is 0 Å². The summed E-state index contributed by atoms with van der Waals surface area (Å²) in [4.78, 5) is 30.7. The van der Waals surface area contributed by atoms with E-state index in [9.17, 15) is 23.1 Å². The second-order valence-corrected chi connectivity index (χ2v) is 11.9. The Bertz CT molecular complexity index is 1450. The average Bonchev–Trinajstić information content (AvgIpc) is 3.29. The van der Waals surface area contributed by atoms with Crippen LogP contribution < -0.4 is 4.90 Å². The predicted octanol–water partition coefficient (Wildman–Crippen LogP) is 4.73. The van der Waals surface area contributed by atoms with Gasteiger partial charge in [-0.15, -0.1) is 0 Å². The first-order valence-electron chi connectivity index (χ1n) is 12.6. The summed E-state index contributed by atoms with van der Waals surface area (Å²) < 4.78 is 34.4. The van der Waals surface area contributed by atoms with E-state index < -0.39 is 27.8 Å². The molecule has 0 bridgehead atoms. The molecular formula is C27H31N3O6S. The zero-order chi connectivity index (χ0) is 26.3. The van der Waals surface area contributed by atoms with Crippen LogP contribution in [0.2, 0.25) is 0 Å². The summed E-state index contributed by atoms with van der Waals surface area (Å²) in [6.45, 7) is 1.95. The number of carbonyl (C=O) groups excluding carboxylic acids is 1. The van der Waals surface area contributed by atoms with Crippen LogP contribution in [0.15, 0.2) is 47.6 Å². The largest absolute Gasteiger partial charge is 0.481 e. The topological polar surface area (TPSA) is 119 Å². The van der Waals surface area contributed by atoms with Crippen molar-refractivity contribution in [2.45, 2.75) is 68.4 Å². The molecule has 1 N–H and O–H groups in total. The molecule has 1 fully saturated rings. The molecule has 196 valence electrons. The molecule has 1 aliphatic heterocycles. The number of aryl methyl sites for hydroxylation is 1. The van der Waals surface area contributed by atoms with Crippen LogP contribution in [0, 0.1) is 5.92 Å². The Morgan fingerprint density at radius 3 is 2.57 bits per heavy atom. The normalized spacial score (nSPS) is 22.0. The summed E-state index contributed by atoms with van der Waals surface area (Å²) in [6.07, 6.45) is 3.14. The van der Waals surface area contributed by atoms with Crippen LogP contribution >= 0.6 is 0 Å². The van der Waals surface area contributed by atoms with Crippen molar-refractivity contribution in [3.8, 4) is 0 Å². The van der Waals surface area contributed by atoms with Crippen molar-refractivity contribution in [1.82, 2.24) is 9.55 Å². The van der Waals surface area contributed by atoms with Gasteiger partial charge in [0.25, 0.3) is 0 Å². The molecule has 37 heavy (non-hydrogen) atoms. The molecule has 2 aliphatic rings. The van der Waals surface area contributed by atoms with Crippen LogP contribution in [0.1, 0.15) is 56.2 Å². The van der Waals surface area contributed by atoms with Crippen LogP contribution in [0.25, 0.3) is 11.0 Å². The van der Waals surface area contributed by atoms with Gasteiger partial charge in [-0.05, 0) is 56.7 Å². The lowest BCUT2D eigenvalue weighted by Crippen LogP contribution is -2.42. The van der Waals surface area contributed by atoms with Crippen molar-refractivity contribution in [2.75, 3.05) is 12.0 Å². The van der Waals surface area contributed by atoms with E-state index in [0.717, 1.165) is 5.56 Å². The average molecular weight is 526 g/mol. The fraction of sp³-hybridized carbons (Fsp3) is 0.444. The fourth-order valence-corrected chi connectivity index (χ4v) is 7.34. The molecule has 1 unspecified atom stereocenters. The van der Waals surface area contributed by atoms with E-state index in [1.165, 1.54) is 7.11 Å². The summed E-state index contributed by atoms with van der Waals surface area (Å²) in [5.74, 6) is -1.60. The highest BCUT2D eigenvalue weighted by molar-refractivity contribution is 7.90. The Labute approximate surface area is 216 Å². The Hall–Kier alpha value is -3.40. The molecule has 0 spiro atoms. The summed E-state index contributed by atoms with van der Waals surface area (Å²) in [6, 6.07) is 12.2. The number of sulfone groups is 1. The van der Waals surface area contributed by atoms with Gasteiger partial charge in [0.15, 0.2) is 0 Å². The smallest absolute Gasteiger partial charge is 0.414 e. The third kappa shape index (κ3) is 4.58. The highest BCUT2D eigenvalue weighted by Crippen LogP contribution is 2.41. The number of methoxy groups -OCH3 is 1. The Morgan fingerprint density at radius 2 is 1.86 bits per heavy atom. The molecule has 2 aromatic carbocycles. The van der Waals surface area contributed by atoms with Crippen molar-refractivity contribution >= 4 is 38.6 Å². The predicted molar refractivity (Wildman–Crippen MR) is 138 cm³/mol. The molecule has 0 saturated heterocycles. The lowest BCUT2D eigenvalue weighted by atomic mass is 9.85. The molecule has 1 aliphatic carbocycles. The maximum atomic E-state index is 13.8. The number of benzene rings is 2. The lowest BCUT2D eigenvalue weighted by molar-refractivity contribution is -0.143. The van der Waals surface area contributed by atoms with Gasteiger partial charge in [-0.1, -0.05) is 36.8 Å². The molecule has 3 aromatic rings. The molecule has 1 saturated carbocycles. The van der Waals surface area contributed by atoms with Gasteiger partial charge in [0.2, 0.25) is 15.0 Å². The van der Waals surface area contributed by atoms with E-state index in [-0.39, 0.29) is 23.0 Å². The lowest BCUT2D eigenvalue weighted by Gasteiger charge is -2.34. The molecule has 10 heteroatoms. The number of carbonyl (C=O) groups is 2. The van der Waals surface area contributed by atoms with E-state index in [2.05, 4.69) is 0 Å². The minimum atomic E-state index is -3.87. The summed E-state index contributed by atoms with van der Waals surface area (Å²) in [7, 11) is -2.53. The van der Waals surface area contributed by atoms with E-state index in [0.29, 0.717) is 60.8 Å². The van der Waals surface area contributed by atoms with Gasteiger partial charge in [-0.25, -0.2) is 18.2 Å². The van der Waals surface area contributed by atoms with Gasteiger partial charge >= 0.3 is 12.1 Å². The van der Waals surface area contributed by atoms with Crippen molar-refractivity contribution in [3.63, 3.8) is 0 Å². The van der Waals surface area contributed by atoms with Gasteiger partial charge in [0.05, 0.1) is 35.5 Å². The minimum Gasteiger partial charge on any atom is -0.481 e. The molecular weight excluding hydrogens is 494 g/mol. The molecule has 1 amide bonds. The number of carboxylic acids is 1. The maximum absolute atomic E-state index is 13.8. The number of ether oxygens (including phenoxy) is 1. The van der Waals surface area contributed by atoms with Crippen LogP contribution in [-0.2, 0) is 31.5 Å². The highest BCUT2D eigenvalue weighted by Gasteiger charge is 2.36. The number of rotatable bonds is 5. The van der Waals surface area contributed by atoms with E-state index in [4.69, 9.17) is 9.72 Å². The summed E-state index contributed by atoms with van der Waals surface area (Å²) >= 11 is 0. The summed E-state index contributed by atoms with van der Waals surface area (Å²) in [5.41, 5.74) is 3.33. The molecule has 1 aromatic heterocycles. The molecule has 2 heterocycles. The van der Waals surface area contributed by atoms with Crippen molar-refractivity contribution in [3.05, 3.63) is 53.6 Å². The number of nitrogens with zero attached hydrogens (tertiary/aromatic N) is 3. The number of hydrogen-bond donors (Lipinski definition) is 1. The van der Waals surface area contributed by atoms with E-state index in [1.807, 2.05) is 19.1 Å². The highest BCUT2D eigenvalue weighted by atomic mass is 32.2. The first-order chi connectivity index (χ1) is 17.7. The zero-order valence-corrected chi connectivity index (χ0v) is 21.8. The number of carboxylic acid groups (broad SMARTS) is 1. The quantitative estimate of drug-likeness (QED) is 0.511. The number of amides is 1. The van der Waals surface area contributed by atoms with Crippen molar-refractivity contribution in [1.29, 1.82) is 0 Å². The second-order valence-electron chi connectivity index (χ2n) is 10.0. The number of hydrogen-bond acceptors (Lipinski definition) is 6. The number of anilines is 1. The van der Waals surface area contributed by atoms with Crippen LogP contribution in [0.5, 0.6) is 0 Å². The SMILES string of the molecule is COC(=O)N1c2ccc3c(nc(S(=O)(=O)Cc4ccccc4)n3[C@@H]3CCC[C@@H](C(=O)O)C3)c2CCC1C. The third-order valence-corrected chi connectivity index (χ3v) is 9.19. The van der Waals surface area contributed by atoms with Crippen molar-refractivity contribution in [2.24, 2.45) is 5.92 Å². The first kappa shape index (κ1) is 25.3. The fourth-order valence-electron chi connectivity index (χ4n) is 5.81. The Morgan fingerprint density at radius 1 is 1.11 bits per heavy atom. The molecule has 0 radical (unpaired) electrons. The van der Waals surface area contributed by atoms with Crippen molar-refractivity contribution < 1.29 is 27.9 Å².